The summed E-state index contributed by atoms with van der Waals surface area (Å²) in [6.45, 7) is 2.47. The Morgan fingerprint density at radius 1 is 1.56 bits per heavy atom. The average molecular weight is 229 g/mol. The molecule has 0 bridgehead atoms. The molecule has 1 fully saturated rings. The Balaban J connectivity index is 2.54. The molecule has 0 aromatic heterocycles. The number of carbonyl (C=O) groups excluding carboxylic acids is 1. The Labute approximate surface area is 97.5 Å². The Kier molecular flexibility index (Phi) is 5.18. The number of piperidine rings is 1. The summed E-state index contributed by atoms with van der Waals surface area (Å²) in [4.78, 5) is 15.9. The molecule has 1 unspecified atom stereocenters. The third kappa shape index (κ3) is 3.17. The first-order chi connectivity index (χ1) is 7.60. The minimum absolute atomic E-state index is 0.232. The van der Waals surface area contributed by atoms with Gasteiger partial charge in [0.05, 0.1) is 7.11 Å². The molecule has 1 saturated heterocycles. The van der Waals surface area contributed by atoms with E-state index >= 15 is 0 Å². The van der Waals surface area contributed by atoms with Crippen molar-refractivity contribution < 1.29 is 9.53 Å². The van der Waals surface area contributed by atoms with Gasteiger partial charge in [-0.15, -0.1) is 0 Å². The van der Waals surface area contributed by atoms with Crippen molar-refractivity contribution >= 4 is 5.97 Å². The fourth-order valence-electron chi connectivity index (χ4n) is 2.22. The van der Waals surface area contributed by atoms with E-state index in [9.17, 15) is 4.79 Å². The van der Waals surface area contributed by atoms with E-state index < -0.39 is 0 Å². The monoisotopic (exact) mass is 229 g/mol. The Morgan fingerprint density at radius 3 is 2.56 bits per heavy atom. The molecule has 0 aliphatic carbocycles. The van der Waals surface area contributed by atoms with Crippen LogP contribution in [0.4, 0.5) is 0 Å². The largest absolute Gasteiger partial charge is 0.468 e. The molecule has 1 heterocycles. The quantitative estimate of drug-likeness (QED) is 0.659. The van der Waals surface area contributed by atoms with Crippen molar-refractivity contribution in [1.29, 1.82) is 0 Å². The molecule has 0 spiro atoms. The number of likely N-dealkylation sites (N-methyl/N-ethyl adjacent to an activating group) is 1. The van der Waals surface area contributed by atoms with Crippen LogP contribution in [-0.2, 0) is 9.53 Å². The van der Waals surface area contributed by atoms with E-state index in [4.69, 9.17) is 10.5 Å². The number of rotatable bonds is 4. The third-order valence-corrected chi connectivity index (χ3v) is 3.45. The highest BCUT2D eigenvalue weighted by atomic mass is 16.5. The predicted molar refractivity (Wildman–Crippen MR) is 63.1 cm³/mol. The van der Waals surface area contributed by atoms with Crippen molar-refractivity contribution in [3.63, 3.8) is 0 Å². The second kappa shape index (κ2) is 6.18. The number of ether oxygens (including phenoxy) is 1. The number of hydrogen-bond donors (Lipinski definition) is 1. The maximum atomic E-state index is 11.5. The van der Waals surface area contributed by atoms with Crippen molar-refractivity contribution in [2.45, 2.75) is 24.9 Å². The van der Waals surface area contributed by atoms with E-state index in [0.29, 0.717) is 12.6 Å². The minimum atomic E-state index is -0.307. The van der Waals surface area contributed by atoms with Gasteiger partial charge < -0.3 is 15.4 Å². The molecule has 2 N–H and O–H groups in total. The van der Waals surface area contributed by atoms with Crippen LogP contribution in [-0.4, -0.2) is 68.7 Å². The lowest BCUT2D eigenvalue weighted by Crippen LogP contribution is -2.52. The first-order valence-corrected chi connectivity index (χ1v) is 5.78. The minimum Gasteiger partial charge on any atom is -0.468 e. The number of esters is 1. The summed E-state index contributed by atoms with van der Waals surface area (Å²) in [5.74, 6) is -0.232. The molecule has 16 heavy (non-hydrogen) atoms. The van der Waals surface area contributed by atoms with Gasteiger partial charge in [0.15, 0.2) is 0 Å². The zero-order valence-corrected chi connectivity index (χ0v) is 10.5. The van der Waals surface area contributed by atoms with E-state index in [1.165, 1.54) is 7.11 Å². The van der Waals surface area contributed by atoms with Gasteiger partial charge in [-0.3, -0.25) is 9.69 Å². The van der Waals surface area contributed by atoms with Crippen LogP contribution in [0.1, 0.15) is 12.8 Å². The molecular formula is C11H23N3O2. The second-order valence-corrected chi connectivity index (χ2v) is 4.47. The van der Waals surface area contributed by atoms with E-state index in [0.717, 1.165) is 25.9 Å². The highest BCUT2D eigenvalue weighted by Gasteiger charge is 2.29. The van der Waals surface area contributed by atoms with Crippen LogP contribution < -0.4 is 5.73 Å². The summed E-state index contributed by atoms with van der Waals surface area (Å²) in [5, 5.41) is 0. The van der Waals surface area contributed by atoms with Gasteiger partial charge in [-0.1, -0.05) is 0 Å². The number of nitrogens with two attached hydrogens (primary N) is 1. The molecule has 5 heteroatoms. The molecule has 0 amide bonds. The maximum absolute atomic E-state index is 11.5. The van der Waals surface area contributed by atoms with Crippen molar-refractivity contribution in [2.24, 2.45) is 5.73 Å². The van der Waals surface area contributed by atoms with E-state index in [1.54, 1.807) is 0 Å². The van der Waals surface area contributed by atoms with E-state index in [1.807, 2.05) is 7.05 Å². The molecule has 5 nitrogen and oxygen atoms in total. The van der Waals surface area contributed by atoms with Crippen LogP contribution in [0.2, 0.25) is 0 Å². The zero-order valence-electron chi connectivity index (χ0n) is 10.5. The first kappa shape index (κ1) is 13.4. The number of carbonyl (C=O) groups is 1. The third-order valence-electron chi connectivity index (χ3n) is 3.45. The summed E-state index contributed by atoms with van der Waals surface area (Å²) >= 11 is 0. The highest BCUT2D eigenvalue weighted by Crippen LogP contribution is 2.16. The normalized spacial score (nSPS) is 21.1. The summed E-state index contributed by atoms with van der Waals surface area (Å²) in [6, 6.07) is 0.127. The summed E-state index contributed by atoms with van der Waals surface area (Å²) in [5.41, 5.74) is 5.63. The number of nitrogens with zero attached hydrogens (tertiary/aromatic N) is 2. The van der Waals surface area contributed by atoms with Gasteiger partial charge in [-0.25, -0.2) is 0 Å². The topological polar surface area (TPSA) is 58.8 Å². The van der Waals surface area contributed by atoms with Crippen LogP contribution in [0.15, 0.2) is 0 Å². The Bertz CT molecular complexity index is 227. The molecule has 1 atom stereocenters. The first-order valence-electron chi connectivity index (χ1n) is 5.78. The number of hydrogen-bond acceptors (Lipinski definition) is 5. The van der Waals surface area contributed by atoms with E-state index in [-0.39, 0.29) is 12.0 Å². The van der Waals surface area contributed by atoms with Crippen molar-refractivity contribution in [1.82, 2.24) is 9.80 Å². The summed E-state index contributed by atoms with van der Waals surface area (Å²) < 4.78 is 4.77. The van der Waals surface area contributed by atoms with Crippen LogP contribution in [0.5, 0.6) is 0 Å². The summed E-state index contributed by atoms with van der Waals surface area (Å²) in [6.07, 6.45) is 2.17. The standard InChI is InChI=1S/C11H23N3O2/c1-13-6-4-9(5-7-13)14(2)10(8-12)11(15)16-3/h9-10H,4-8,12H2,1-3H3. The SMILES string of the molecule is COC(=O)C(CN)N(C)C1CCN(C)CC1. The lowest BCUT2D eigenvalue weighted by Gasteiger charge is -2.37. The van der Waals surface area contributed by atoms with Crippen LogP contribution in [0, 0.1) is 0 Å². The maximum Gasteiger partial charge on any atom is 0.324 e. The van der Waals surface area contributed by atoms with Gasteiger partial charge >= 0.3 is 5.97 Å². The van der Waals surface area contributed by atoms with Gasteiger partial charge in [0.25, 0.3) is 0 Å². The fourth-order valence-corrected chi connectivity index (χ4v) is 2.22. The molecule has 0 saturated carbocycles. The van der Waals surface area contributed by atoms with Crippen molar-refractivity contribution in [2.75, 3.05) is 40.8 Å². The molecule has 1 aliphatic heterocycles. The fraction of sp³-hybridized carbons (Fsp3) is 0.909. The van der Waals surface area contributed by atoms with Gasteiger partial charge in [-0.2, -0.15) is 0 Å². The van der Waals surface area contributed by atoms with E-state index in [2.05, 4.69) is 16.8 Å². The van der Waals surface area contributed by atoms with Crippen LogP contribution in [0.25, 0.3) is 0 Å². The Hall–Kier alpha value is -0.650. The smallest absolute Gasteiger partial charge is 0.324 e. The van der Waals surface area contributed by atoms with Gasteiger partial charge in [0.1, 0.15) is 6.04 Å². The molecular weight excluding hydrogens is 206 g/mol. The zero-order chi connectivity index (χ0) is 12.1. The molecule has 0 aromatic carbocycles. The lowest BCUT2D eigenvalue weighted by molar-refractivity contribution is -0.147. The number of likely N-dealkylation sites (tertiary alicyclic amines) is 1. The van der Waals surface area contributed by atoms with Crippen LogP contribution in [0.3, 0.4) is 0 Å². The lowest BCUT2D eigenvalue weighted by atomic mass is 10.0. The highest BCUT2D eigenvalue weighted by molar-refractivity contribution is 5.75. The Morgan fingerprint density at radius 2 is 2.12 bits per heavy atom. The molecule has 1 rings (SSSR count). The van der Waals surface area contributed by atoms with Crippen molar-refractivity contribution in [3.05, 3.63) is 0 Å². The van der Waals surface area contributed by atoms with Crippen molar-refractivity contribution in [3.8, 4) is 0 Å². The van der Waals surface area contributed by atoms with Crippen LogP contribution >= 0.6 is 0 Å². The molecule has 94 valence electrons. The van der Waals surface area contributed by atoms with Gasteiger partial charge in [-0.05, 0) is 40.0 Å². The number of methoxy groups -OCH3 is 1. The summed E-state index contributed by atoms with van der Waals surface area (Å²) in [7, 11) is 5.49. The second-order valence-electron chi connectivity index (χ2n) is 4.47. The van der Waals surface area contributed by atoms with Gasteiger partial charge in [0.2, 0.25) is 0 Å². The molecule has 1 aliphatic rings. The van der Waals surface area contributed by atoms with Gasteiger partial charge in [0, 0.05) is 12.6 Å². The average Bonchev–Trinajstić information content (AvgIpc) is 2.30. The predicted octanol–water partition coefficient (Wildman–Crippen LogP) is -0.487. The molecule has 0 aromatic rings. The molecule has 0 radical (unpaired) electrons.